The van der Waals surface area contributed by atoms with Crippen LogP contribution in [0.15, 0.2) is 30.3 Å². The second-order valence-electron chi connectivity index (χ2n) is 9.27. The molecule has 8 nitrogen and oxygen atoms in total. The van der Waals surface area contributed by atoms with Gasteiger partial charge in [0.05, 0.1) is 0 Å². The number of phenols is 1. The number of nitrogens with one attached hydrogen (secondary N) is 3. The van der Waals surface area contributed by atoms with Gasteiger partial charge >= 0.3 is 0 Å². The predicted octanol–water partition coefficient (Wildman–Crippen LogP) is 4.22. The van der Waals surface area contributed by atoms with E-state index >= 15 is 0 Å². The number of hydrogen-bond acceptors (Lipinski definition) is 1. The normalized spacial score (nSPS) is 12.5. The summed E-state index contributed by atoms with van der Waals surface area (Å²) in [5, 5.41) is 19.2. The number of fused-ring (bicyclic) bond motifs is 4. The number of aromatic hydroxyl groups is 1. The molecule has 3 aromatic heterocycles. The van der Waals surface area contributed by atoms with Crippen LogP contribution in [0.25, 0.3) is 16.7 Å². The Bertz CT molecular complexity index is 1200. The van der Waals surface area contributed by atoms with Gasteiger partial charge < -0.3 is 10.6 Å². The first-order valence-corrected chi connectivity index (χ1v) is 9.70. The van der Waals surface area contributed by atoms with Gasteiger partial charge in [0.25, 0.3) is 0 Å². The number of halogens is 1. The molecule has 0 aliphatic rings. The van der Waals surface area contributed by atoms with Crippen LogP contribution in [0.1, 0.15) is 52.7 Å². The van der Waals surface area contributed by atoms with Crippen LogP contribution in [-0.2, 0) is 10.8 Å². The van der Waals surface area contributed by atoms with Gasteiger partial charge in [-0.1, -0.05) is 59.2 Å². The van der Waals surface area contributed by atoms with Gasteiger partial charge in [-0.2, -0.15) is 0 Å². The molecule has 158 valence electrons. The Balaban J connectivity index is 0.000000551. The fraction of sp³-hybridized carbons (Fsp3) is 0.400. The topological polar surface area (TPSA) is 113 Å². The Morgan fingerprint density at radius 3 is 1.93 bits per heavy atom. The maximum Gasteiger partial charge on any atom is 0.146 e. The molecule has 3 heterocycles. The summed E-state index contributed by atoms with van der Waals surface area (Å²) in [6, 6.07) is 10.1. The highest BCUT2D eigenvalue weighted by molar-refractivity contribution is 6.31. The maximum absolute atomic E-state index is 11.0. The second kappa shape index (κ2) is 6.67. The molecular weight excluding hydrogens is 392 g/mol. The van der Waals surface area contributed by atoms with Crippen LogP contribution in [0, 0.1) is 0 Å². The van der Waals surface area contributed by atoms with Crippen molar-refractivity contribution in [2.24, 2.45) is 0 Å². The van der Waals surface area contributed by atoms with E-state index in [0.717, 1.165) is 22.3 Å². The standard InChI is InChI=1S/C20H24ClN3O.H3N3.H2O/c1-19(2,3)12-9-14(20(4,5)6)18(25)17(10-12)24-22-15-8-7-13(21)11-16(15)23(22)24;1-2-3-1;/h7-11,25H,1-6H3;1-3H;1H2. The number of aromatic amines is 3. The van der Waals surface area contributed by atoms with Crippen LogP contribution < -0.4 is 0 Å². The van der Waals surface area contributed by atoms with E-state index in [1.165, 1.54) is 5.56 Å². The fourth-order valence-corrected chi connectivity index (χ4v) is 3.46. The Labute approximate surface area is 173 Å². The first-order chi connectivity index (χ1) is 13.0. The molecule has 0 spiro atoms. The molecule has 29 heavy (non-hydrogen) atoms. The minimum Gasteiger partial charge on any atom is -0.505 e. The lowest BCUT2D eigenvalue weighted by atomic mass is 9.80. The molecule has 0 atom stereocenters. The summed E-state index contributed by atoms with van der Waals surface area (Å²) in [7, 11) is 0. The quantitative estimate of drug-likeness (QED) is 0.319. The number of hydrogen-bond donors (Lipinski definition) is 4. The molecule has 0 bridgehead atoms. The largest absolute Gasteiger partial charge is 0.505 e. The predicted molar refractivity (Wildman–Crippen MR) is 116 cm³/mol. The Morgan fingerprint density at radius 1 is 0.828 bits per heavy atom. The Hall–Kier alpha value is -2.71. The summed E-state index contributed by atoms with van der Waals surface area (Å²) in [5.41, 5.74) is 5.00. The van der Waals surface area contributed by atoms with Gasteiger partial charge in [-0.25, -0.2) is 15.6 Å². The molecule has 0 amide bonds. The van der Waals surface area contributed by atoms with E-state index in [9.17, 15) is 5.11 Å². The summed E-state index contributed by atoms with van der Waals surface area (Å²) in [5.74, 6) is 0.340. The van der Waals surface area contributed by atoms with Gasteiger partial charge in [0.1, 0.15) is 22.5 Å². The van der Waals surface area contributed by atoms with Crippen molar-refractivity contribution in [2.45, 2.75) is 52.4 Å². The molecule has 0 aliphatic carbocycles. The highest BCUT2D eigenvalue weighted by atomic mass is 35.5. The third-order valence-corrected chi connectivity index (χ3v) is 5.22. The van der Waals surface area contributed by atoms with Crippen molar-refractivity contribution in [3.63, 3.8) is 0 Å². The summed E-state index contributed by atoms with van der Waals surface area (Å²) >= 11 is 6.12. The van der Waals surface area contributed by atoms with E-state index in [1.807, 2.05) is 32.3 Å². The van der Waals surface area contributed by atoms with Crippen LogP contribution in [0.5, 0.6) is 5.75 Å². The molecule has 0 radical (unpaired) electrons. The first kappa shape index (κ1) is 21.0. The highest BCUT2D eigenvalue weighted by Gasteiger charge is 2.31. The lowest BCUT2D eigenvalue weighted by molar-refractivity contribution is 0.441. The molecule has 0 saturated carbocycles. The fourth-order valence-electron chi connectivity index (χ4n) is 3.30. The molecule has 0 aliphatic heterocycles. The monoisotopic (exact) mass is 420 g/mol. The van der Waals surface area contributed by atoms with E-state index in [4.69, 9.17) is 11.6 Å². The smallest absolute Gasteiger partial charge is 0.146 e. The zero-order valence-electron chi connectivity index (χ0n) is 17.6. The van der Waals surface area contributed by atoms with Crippen LogP contribution in [0.4, 0.5) is 0 Å². The number of nitrogens with zero attached hydrogens (tertiary/aromatic N) is 3. The van der Waals surface area contributed by atoms with E-state index in [2.05, 4.69) is 69.3 Å². The Kier molecular flexibility index (Phi) is 4.83. The summed E-state index contributed by atoms with van der Waals surface area (Å²) in [6.45, 7) is 13.0. The van der Waals surface area contributed by atoms with E-state index in [-0.39, 0.29) is 16.3 Å². The van der Waals surface area contributed by atoms with Gasteiger partial charge in [0.15, 0.2) is 0 Å². The lowest BCUT2D eigenvalue weighted by Gasteiger charge is -2.26. The van der Waals surface area contributed by atoms with E-state index in [0.29, 0.717) is 10.8 Å². The zero-order valence-corrected chi connectivity index (χ0v) is 18.3. The zero-order chi connectivity index (χ0) is 20.4. The van der Waals surface area contributed by atoms with Crippen LogP contribution in [-0.4, -0.2) is 40.3 Å². The third-order valence-electron chi connectivity index (χ3n) is 4.98. The summed E-state index contributed by atoms with van der Waals surface area (Å²) in [4.78, 5) is 2.00. The third kappa shape index (κ3) is 3.65. The molecule has 2 aromatic carbocycles. The minimum absolute atomic E-state index is 0. The highest BCUT2D eigenvalue weighted by Crippen LogP contribution is 2.41. The summed E-state index contributed by atoms with van der Waals surface area (Å²) in [6.07, 6.45) is 0. The molecule has 0 unspecified atom stereocenters. The van der Waals surface area contributed by atoms with E-state index < -0.39 is 0 Å². The van der Waals surface area contributed by atoms with Gasteiger partial charge in [0.2, 0.25) is 0 Å². The Morgan fingerprint density at radius 2 is 1.41 bits per heavy atom. The van der Waals surface area contributed by atoms with Crippen LogP contribution >= 0.6 is 11.6 Å². The SMILES string of the molecule is CC(C)(C)c1cc(-n2n3c4ccc(Cl)cc4n23)c(O)c(C(C)(C)C)c1.O.[nH]1[nH][nH]1. The van der Waals surface area contributed by atoms with E-state index in [1.54, 1.807) is 0 Å². The van der Waals surface area contributed by atoms with Gasteiger partial charge in [-0.15, -0.1) is 14.1 Å². The molecule has 0 saturated heterocycles. The molecule has 5 rings (SSSR count). The van der Waals surface area contributed by atoms with Crippen LogP contribution in [0.2, 0.25) is 5.02 Å². The number of H-pyrrole nitrogens is 3. The average molecular weight is 421 g/mol. The molecule has 5 aromatic rings. The summed E-state index contributed by atoms with van der Waals surface area (Å²) < 4.78 is 4.06. The number of benzene rings is 2. The van der Waals surface area contributed by atoms with Gasteiger partial charge in [-0.05, 0) is 40.7 Å². The average Bonchev–Trinajstić information content (AvgIpc) is 3.46. The number of aromatic nitrogens is 6. The number of rotatable bonds is 1. The molecule has 6 N–H and O–H groups in total. The van der Waals surface area contributed by atoms with Crippen LogP contribution in [0.3, 0.4) is 0 Å². The second-order valence-corrected chi connectivity index (χ2v) is 9.70. The van der Waals surface area contributed by atoms with Crippen molar-refractivity contribution in [2.75, 3.05) is 0 Å². The van der Waals surface area contributed by atoms with Crippen molar-refractivity contribution in [3.8, 4) is 11.4 Å². The first-order valence-electron chi connectivity index (χ1n) is 9.33. The van der Waals surface area contributed by atoms with Gasteiger partial charge in [-0.3, -0.25) is 0 Å². The lowest BCUT2D eigenvalue weighted by Crippen LogP contribution is -2.17. The number of phenolic OH excluding ortho intramolecular Hbond substituents is 1. The minimum atomic E-state index is -0.143. The van der Waals surface area contributed by atoms with Crippen molar-refractivity contribution in [1.82, 2.24) is 29.7 Å². The van der Waals surface area contributed by atoms with Crippen molar-refractivity contribution in [1.29, 1.82) is 0 Å². The maximum atomic E-state index is 11.0. The molecular formula is C20H29ClN6O2. The van der Waals surface area contributed by atoms with Crippen molar-refractivity contribution in [3.05, 3.63) is 46.5 Å². The van der Waals surface area contributed by atoms with Crippen molar-refractivity contribution < 1.29 is 10.6 Å². The molecule has 9 heteroatoms. The molecule has 0 fully saturated rings. The van der Waals surface area contributed by atoms with Crippen molar-refractivity contribution >= 4 is 22.6 Å². The van der Waals surface area contributed by atoms with Gasteiger partial charge in [0, 0.05) is 10.6 Å².